The molecule has 7 nitrogen and oxygen atoms in total. The molecular formula is C22H13F4N3O4S. The van der Waals surface area contributed by atoms with Crippen LogP contribution in [-0.2, 0) is 4.79 Å². The number of phenols is 1. The van der Waals surface area contributed by atoms with Gasteiger partial charge in [0.1, 0.15) is 11.6 Å². The summed E-state index contributed by atoms with van der Waals surface area (Å²) in [4.78, 5) is 32.7. The number of H-pyrrole nitrogens is 2. The van der Waals surface area contributed by atoms with Crippen LogP contribution in [0.25, 0.3) is 32.6 Å². The van der Waals surface area contributed by atoms with Gasteiger partial charge in [0.05, 0.1) is 16.4 Å². The average Bonchev–Trinajstić information content (AvgIpc) is 3.17. The Bertz CT molecular complexity index is 1610. The number of hydrogen-bond donors (Lipinski definition) is 4. The monoisotopic (exact) mass is 491 g/mol. The Balaban J connectivity index is 0.000000344. The van der Waals surface area contributed by atoms with Gasteiger partial charge in [-0.1, -0.05) is 17.8 Å². The molecule has 0 aliphatic rings. The van der Waals surface area contributed by atoms with E-state index in [1.165, 1.54) is 23.9 Å². The van der Waals surface area contributed by atoms with Crippen molar-refractivity contribution >= 4 is 50.3 Å². The Morgan fingerprint density at radius 3 is 2.44 bits per heavy atom. The number of benzene rings is 3. The average molecular weight is 491 g/mol. The number of aromatic hydroxyl groups is 1. The maximum absolute atomic E-state index is 13.9. The first-order valence-electron chi connectivity index (χ1n) is 9.44. The number of aromatic nitrogens is 3. The summed E-state index contributed by atoms with van der Waals surface area (Å²) in [5, 5.41) is 19.7. The van der Waals surface area contributed by atoms with Gasteiger partial charge >= 0.3 is 12.1 Å². The SMILES string of the molecule is O=C(O)C(F)(F)F.O=c1[nH]ccc2c3nc(Sc4cccc(O)c4)[nH]c3c3ccc(F)cc3c12. The minimum absolute atomic E-state index is 0.175. The van der Waals surface area contributed by atoms with Crippen LogP contribution in [0.1, 0.15) is 0 Å². The second-order valence-corrected chi connectivity index (χ2v) is 8.02. The first kappa shape index (κ1) is 23.1. The molecule has 34 heavy (non-hydrogen) atoms. The van der Waals surface area contributed by atoms with Crippen molar-refractivity contribution in [3.8, 4) is 5.75 Å². The number of nitrogens with one attached hydrogen (secondary N) is 2. The Hall–Kier alpha value is -4.06. The molecule has 0 fully saturated rings. The van der Waals surface area contributed by atoms with Gasteiger partial charge in [0.15, 0.2) is 5.16 Å². The van der Waals surface area contributed by atoms with Crippen molar-refractivity contribution in [2.24, 2.45) is 0 Å². The Morgan fingerprint density at radius 2 is 1.76 bits per heavy atom. The van der Waals surface area contributed by atoms with Crippen molar-refractivity contribution in [1.29, 1.82) is 0 Å². The van der Waals surface area contributed by atoms with Gasteiger partial charge in [0.2, 0.25) is 0 Å². The second kappa shape index (κ2) is 8.71. The number of halogens is 4. The number of carboxylic acids is 1. The molecule has 2 heterocycles. The number of phenolic OH excluding ortho intramolecular Hbond substituents is 1. The largest absolute Gasteiger partial charge is 0.508 e. The molecule has 0 amide bonds. The van der Waals surface area contributed by atoms with Crippen molar-refractivity contribution in [3.05, 3.63) is 70.9 Å². The molecule has 3 aromatic carbocycles. The van der Waals surface area contributed by atoms with Gasteiger partial charge in [-0.3, -0.25) is 4.79 Å². The third-order valence-corrected chi connectivity index (χ3v) is 5.57. The van der Waals surface area contributed by atoms with Gasteiger partial charge < -0.3 is 20.2 Å². The summed E-state index contributed by atoms with van der Waals surface area (Å²) in [5.74, 6) is -2.98. The molecule has 0 bridgehead atoms. The van der Waals surface area contributed by atoms with Gasteiger partial charge in [-0.05, 0) is 42.5 Å². The molecule has 2 aromatic heterocycles. The van der Waals surface area contributed by atoms with E-state index in [2.05, 4.69) is 15.0 Å². The van der Waals surface area contributed by atoms with Crippen molar-refractivity contribution in [2.75, 3.05) is 0 Å². The number of nitrogens with zero attached hydrogens (tertiary/aromatic N) is 1. The van der Waals surface area contributed by atoms with E-state index < -0.39 is 18.0 Å². The van der Waals surface area contributed by atoms with Gasteiger partial charge in [0.25, 0.3) is 5.56 Å². The third-order valence-electron chi connectivity index (χ3n) is 4.69. The molecule has 174 valence electrons. The number of alkyl halides is 3. The number of aromatic amines is 2. The minimum atomic E-state index is -5.08. The van der Waals surface area contributed by atoms with Crippen LogP contribution in [0.2, 0.25) is 0 Å². The van der Waals surface area contributed by atoms with Crippen LogP contribution in [0, 0.1) is 5.82 Å². The summed E-state index contributed by atoms with van der Waals surface area (Å²) in [6.45, 7) is 0. The van der Waals surface area contributed by atoms with Gasteiger partial charge in [-0.25, -0.2) is 14.2 Å². The minimum Gasteiger partial charge on any atom is -0.508 e. The molecule has 0 saturated heterocycles. The van der Waals surface area contributed by atoms with Crippen LogP contribution in [0.5, 0.6) is 5.75 Å². The molecule has 5 rings (SSSR count). The second-order valence-electron chi connectivity index (χ2n) is 6.95. The first-order valence-corrected chi connectivity index (χ1v) is 10.3. The predicted molar refractivity (Wildman–Crippen MR) is 118 cm³/mol. The number of pyridine rings is 1. The number of imidazole rings is 1. The molecule has 0 aliphatic carbocycles. The Labute approximate surface area is 191 Å². The van der Waals surface area contributed by atoms with Crippen molar-refractivity contribution < 1.29 is 32.6 Å². The van der Waals surface area contributed by atoms with E-state index in [1.54, 1.807) is 36.5 Å². The lowest BCUT2D eigenvalue weighted by Gasteiger charge is -2.05. The summed E-state index contributed by atoms with van der Waals surface area (Å²) < 4.78 is 45.6. The van der Waals surface area contributed by atoms with E-state index in [1.807, 2.05) is 6.07 Å². The molecule has 0 saturated carbocycles. The normalized spacial score (nSPS) is 11.5. The summed E-state index contributed by atoms with van der Waals surface area (Å²) in [7, 11) is 0. The summed E-state index contributed by atoms with van der Waals surface area (Å²) in [6.07, 6.45) is -3.52. The molecule has 0 atom stereocenters. The summed E-state index contributed by atoms with van der Waals surface area (Å²) >= 11 is 1.37. The molecule has 5 aromatic rings. The van der Waals surface area contributed by atoms with E-state index in [0.717, 1.165) is 15.8 Å². The number of carbonyl (C=O) groups is 1. The number of carboxylic acid groups (broad SMARTS) is 1. The number of aliphatic carboxylic acids is 1. The van der Waals surface area contributed by atoms with Crippen molar-refractivity contribution in [3.63, 3.8) is 0 Å². The maximum atomic E-state index is 13.9. The van der Waals surface area contributed by atoms with Crippen LogP contribution >= 0.6 is 11.8 Å². The van der Waals surface area contributed by atoms with Crippen LogP contribution < -0.4 is 5.56 Å². The zero-order valence-corrected chi connectivity index (χ0v) is 17.6. The van der Waals surface area contributed by atoms with Crippen molar-refractivity contribution in [2.45, 2.75) is 16.2 Å². The molecule has 12 heteroatoms. The highest BCUT2D eigenvalue weighted by Gasteiger charge is 2.38. The fraction of sp³-hybridized carbons (Fsp3) is 0.0455. The van der Waals surface area contributed by atoms with Crippen LogP contribution in [0.4, 0.5) is 17.6 Å². The zero-order valence-electron chi connectivity index (χ0n) is 16.8. The van der Waals surface area contributed by atoms with E-state index in [-0.39, 0.29) is 11.3 Å². The smallest absolute Gasteiger partial charge is 0.490 e. The molecule has 0 radical (unpaired) electrons. The molecule has 4 N–H and O–H groups in total. The number of rotatable bonds is 2. The lowest BCUT2D eigenvalue weighted by molar-refractivity contribution is -0.192. The highest BCUT2D eigenvalue weighted by molar-refractivity contribution is 7.99. The molecule has 0 spiro atoms. The predicted octanol–water partition coefficient (Wildman–Crippen LogP) is 5.19. The standard InChI is InChI=1S/C20H12FN3O2S.C2HF3O2/c21-10-4-5-13-15(8-10)16-14(6-7-22-19(16)26)18-17(13)23-20(24-18)27-12-3-1-2-11(25)9-12;3-2(4,5)1(6)7/h1-9,25H,(H,22,26)(H,23,24);(H,6,7). The van der Waals surface area contributed by atoms with Crippen LogP contribution in [0.15, 0.2) is 69.6 Å². The lowest BCUT2D eigenvalue weighted by atomic mass is 10.0. The zero-order chi connectivity index (χ0) is 24.6. The fourth-order valence-corrected chi connectivity index (χ4v) is 4.17. The quantitative estimate of drug-likeness (QED) is 0.199. The maximum Gasteiger partial charge on any atom is 0.490 e. The topological polar surface area (TPSA) is 119 Å². The molecule has 0 unspecified atom stereocenters. The fourth-order valence-electron chi connectivity index (χ4n) is 3.33. The summed E-state index contributed by atoms with van der Waals surface area (Å²) in [6, 6.07) is 13.0. The van der Waals surface area contributed by atoms with Gasteiger partial charge in [0, 0.05) is 27.3 Å². The van der Waals surface area contributed by atoms with Crippen LogP contribution in [-0.4, -0.2) is 37.3 Å². The van der Waals surface area contributed by atoms with Crippen LogP contribution in [0.3, 0.4) is 0 Å². The highest BCUT2D eigenvalue weighted by atomic mass is 32.2. The Kier molecular flexibility index (Phi) is 5.92. The molecule has 0 aliphatic heterocycles. The summed E-state index contributed by atoms with van der Waals surface area (Å²) in [5.41, 5.74) is 1.11. The van der Waals surface area contributed by atoms with E-state index in [9.17, 15) is 27.5 Å². The Morgan fingerprint density at radius 1 is 1.03 bits per heavy atom. The van der Waals surface area contributed by atoms with E-state index in [4.69, 9.17) is 9.90 Å². The molecular weight excluding hydrogens is 478 g/mol. The lowest BCUT2D eigenvalue weighted by Crippen LogP contribution is -2.21. The third kappa shape index (κ3) is 4.53. The van der Waals surface area contributed by atoms with E-state index in [0.29, 0.717) is 26.8 Å². The highest BCUT2D eigenvalue weighted by Crippen LogP contribution is 2.35. The van der Waals surface area contributed by atoms with E-state index >= 15 is 0 Å². The number of fused-ring (bicyclic) bond motifs is 6. The number of hydrogen-bond acceptors (Lipinski definition) is 5. The van der Waals surface area contributed by atoms with Gasteiger partial charge in [-0.2, -0.15) is 13.2 Å². The van der Waals surface area contributed by atoms with Crippen molar-refractivity contribution in [1.82, 2.24) is 15.0 Å². The first-order chi connectivity index (χ1) is 16.0. The van der Waals surface area contributed by atoms with Gasteiger partial charge in [-0.15, -0.1) is 0 Å².